The lowest BCUT2D eigenvalue weighted by Crippen LogP contribution is -2.34. The van der Waals surface area contributed by atoms with Crippen molar-refractivity contribution in [3.8, 4) is 0 Å². The van der Waals surface area contributed by atoms with E-state index in [9.17, 15) is 4.79 Å². The number of rotatable bonds is 5. The topological polar surface area (TPSA) is 77.2 Å². The molecule has 1 unspecified atom stereocenters. The Morgan fingerprint density at radius 3 is 2.86 bits per heavy atom. The van der Waals surface area contributed by atoms with Gasteiger partial charge in [0, 0.05) is 5.92 Å². The molecule has 1 aliphatic carbocycles. The summed E-state index contributed by atoms with van der Waals surface area (Å²) >= 11 is 0. The molecule has 0 aromatic carbocycles. The van der Waals surface area contributed by atoms with Crippen LogP contribution in [0.3, 0.4) is 0 Å². The predicted octanol–water partition coefficient (Wildman–Crippen LogP) is 2.45. The molecule has 1 aromatic heterocycles. The van der Waals surface area contributed by atoms with E-state index in [1.54, 1.807) is 0 Å². The van der Waals surface area contributed by atoms with Gasteiger partial charge >= 0.3 is 0 Å². The summed E-state index contributed by atoms with van der Waals surface area (Å²) in [5.74, 6) is 2.03. The van der Waals surface area contributed by atoms with Crippen LogP contribution in [0.15, 0.2) is 16.4 Å². The number of carbonyl (C=O) groups is 1. The Morgan fingerprint density at radius 2 is 2.24 bits per heavy atom. The van der Waals surface area contributed by atoms with E-state index in [4.69, 9.17) is 9.26 Å². The van der Waals surface area contributed by atoms with Crippen molar-refractivity contribution in [2.45, 2.75) is 51.5 Å². The minimum Gasteiger partial charge on any atom is -0.488 e. The van der Waals surface area contributed by atoms with Gasteiger partial charge < -0.3 is 14.6 Å². The third-order valence-corrected chi connectivity index (χ3v) is 3.78. The molecule has 0 spiro atoms. The molecule has 1 aromatic rings. The van der Waals surface area contributed by atoms with Gasteiger partial charge in [-0.25, -0.2) is 0 Å². The predicted molar refractivity (Wildman–Crippen MR) is 75.3 cm³/mol. The molecule has 3 rings (SSSR count). The Labute approximate surface area is 123 Å². The fourth-order valence-corrected chi connectivity index (χ4v) is 2.32. The Balaban J connectivity index is 1.71. The second-order valence-electron chi connectivity index (χ2n) is 6.02. The van der Waals surface area contributed by atoms with Gasteiger partial charge in [0.25, 0.3) is 5.91 Å². The minimum absolute atomic E-state index is 0.158. The Morgan fingerprint density at radius 1 is 1.43 bits per heavy atom. The largest absolute Gasteiger partial charge is 0.488 e. The van der Waals surface area contributed by atoms with Gasteiger partial charge in [0.05, 0.1) is 6.61 Å². The van der Waals surface area contributed by atoms with Crippen molar-refractivity contribution < 1.29 is 14.1 Å². The lowest BCUT2D eigenvalue weighted by molar-refractivity contribution is -0.122. The molecular weight excluding hydrogens is 270 g/mol. The molecular formula is C15H21N3O3. The number of carbonyl (C=O) groups excluding carboxylic acids is 1. The average molecular weight is 291 g/mol. The SMILES string of the molecule is CC(C)C(NC(=O)C1=CCCCO1)c1nc(C2CC2)no1. The Hall–Kier alpha value is -1.85. The standard InChI is InChI=1S/C15H21N3O3/c1-9(2)12(15-17-13(18-21-15)10-6-7-10)16-14(19)11-5-3-4-8-20-11/h5,9-10,12H,3-4,6-8H2,1-2H3,(H,16,19). The monoisotopic (exact) mass is 291 g/mol. The van der Waals surface area contributed by atoms with Crippen LogP contribution in [0.2, 0.25) is 0 Å². The first-order valence-electron chi connectivity index (χ1n) is 7.62. The van der Waals surface area contributed by atoms with Crippen LogP contribution in [0.25, 0.3) is 0 Å². The fraction of sp³-hybridized carbons (Fsp3) is 0.667. The minimum atomic E-state index is -0.288. The Kier molecular flexibility index (Phi) is 3.94. The summed E-state index contributed by atoms with van der Waals surface area (Å²) in [6, 6.07) is -0.288. The maximum absolute atomic E-state index is 12.2. The molecule has 1 amide bonds. The zero-order valence-electron chi connectivity index (χ0n) is 12.5. The van der Waals surface area contributed by atoms with E-state index >= 15 is 0 Å². The molecule has 1 N–H and O–H groups in total. The highest BCUT2D eigenvalue weighted by atomic mass is 16.5. The van der Waals surface area contributed by atoms with Gasteiger partial charge in [-0.1, -0.05) is 19.0 Å². The summed E-state index contributed by atoms with van der Waals surface area (Å²) in [7, 11) is 0. The third-order valence-electron chi connectivity index (χ3n) is 3.78. The van der Waals surface area contributed by atoms with Crippen LogP contribution in [0.5, 0.6) is 0 Å². The van der Waals surface area contributed by atoms with Crippen LogP contribution in [-0.4, -0.2) is 22.7 Å². The molecule has 0 radical (unpaired) electrons. The van der Waals surface area contributed by atoms with Crippen LogP contribution in [0.4, 0.5) is 0 Å². The first-order chi connectivity index (χ1) is 10.1. The van der Waals surface area contributed by atoms with E-state index in [2.05, 4.69) is 15.5 Å². The smallest absolute Gasteiger partial charge is 0.286 e. The van der Waals surface area contributed by atoms with Gasteiger partial charge in [0.2, 0.25) is 5.89 Å². The molecule has 21 heavy (non-hydrogen) atoms. The van der Waals surface area contributed by atoms with Crippen molar-refractivity contribution >= 4 is 5.91 Å². The third kappa shape index (κ3) is 3.25. The summed E-state index contributed by atoms with van der Waals surface area (Å²) in [5, 5.41) is 6.96. The molecule has 2 aliphatic rings. The van der Waals surface area contributed by atoms with Gasteiger partial charge in [-0.3, -0.25) is 4.79 Å². The number of nitrogens with zero attached hydrogens (tertiary/aromatic N) is 2. The van der Waals surface area contributed by atoms with Gasteiger partial charge in [-0.2, -0.15) is 4.98 Å². The summed E-state index contributed by atoms with van der Waals surface area (Å²) in [5.41, 5.74) is 0. The molecule has 6 heteroatoms. The highest BCUT2D eigenvalue weighted by Gasteiger charge is 2.32. The van der Waals surface area contributed by atoms with E-state index < -0.39 is 0 Å². The molecule has 0 saturated heterocycles. The van der Waals surface area contributed by atoms with Crippen molar-refractivity contribution in [3.05, 3.63) is 23.6 Å². The van der Waals surface area contributed by atoms with Gasteiger partial charge in [0.1, 0.15) is 6.04 Å². The molecule has 2 heterocycles. The summed E-state index contributed by atoms with van der Waals surface area (Å²) in [4.78, 5) is 16.7. The first kappa shape index (κ1) is 14.1. The number of hydrogen-bond acceptors (Lipinski definition) is 5. The van der Waals surface area contributed by atoms with Crippen molar-refractivity contribution in [1.82, 2.24) is 15.5 Å². The molecule has 114 valence electrons. The molecule has 6 nitrogen and oxygen atoms in total. The summed E-state index contributed by atoms with van der Waals surface area (Å²) in [6.07, 6.45) is 5.91. The van der Waals surface area contributed by atoms with Crippen molar-refractivity contribution in [2.24, 2.45) is 5.92 Å². The zero-order chi connectivity index (χ0) is 14.8. The van der Waals surface area contributed by atoms with Crippen LogP contribution in [-0.2, 0) is 9.53 Å². The number of aromatic nitrogens is 2. The summed E-state index contributed by atoms with van der Waals surface area (Å²) < 4.78 is 10.7. The van der Waals surface area contributed by atoms with E-state index in [-0.39, 0.29) is 17.9 Å². The molecule has 1 aliphatic heterocycles. The van der Waals surface area contributed by atoms with Crippen LogP contribution < -0.4 is 5.32 Å². The van der Waals surface area contributed by atoms with Gasteiger partial charge in [0.15, 0.2) is 11.6 Å². The number of ether oxygens (including phenoxy) is 1. The molecule has 1 atom stereocenters. The zero-order valence-corrected chi connectivity index (χ0v) is 12.5. The maximum Gasteiger partial charge on any atom is 0.286 e. The van der Waals surface area contributed by atoms with Crippen LogP contribution >= 0.6 is 0 Å². The van der Waals surface area contributed by atoms with Gasteiger partial charge in [-0.05, 0) is 37.7 Å². The second-order valence-corrected chi connectivity index (χ2v) is 6.02. The highest BCUT2D eigenvalue weighted by molar-refractivity contribution is 5.91. The number of amides is 1. The van der Waals surface area contributed by atoms with E-state index in [0.717, 1.165) is 31.5 Å². The number of allylic oxidation sites excluding steroid dienone is 1. The lowest BCUT2D eigenvalue weighted by Gasteiger charge is -2.21. The lowest BCUT2D eigenvalue weighted by atomic mass is 10.0. The Bertz CT molecular complexity index is 546. The number of hydrogen-bond donors (Lipinski definition) is 1. The number of nitrogens with one attached hydrogen (secondary N) is 1. The average Bonchev–Trinajstić information content (AvgIpc) is 3.23. The normalized spacial score (nSPS) is 19.9. The second kappa shape index (κ2) is 5.87. The van der Waals surface area contributed by atoms with Crippen molar-refractivity contribution in [1.29, 1.82) is 0 Å². The fourth-order valence-electron chi connectivity index (χ4n) is 2.32. The maximum atomic E-state index is 12.2. The van der Waals surface area contributed by atoms with Crippen molar-refractivity contribution in [2.75, 3.05) is 6.61 Å². The van der Waals surface area contributed by atoms with Crippen molar-refractivity contribution in [3.63, 3.8) is 0 Å². The van der Waals surface area contributed by atoms with Gasteiger partial charge in [-0.15, -0.1) is 0 Å². The molecule has 1 saturated carbocycles. The van der Waals surface area contributed by atoms with Crippen LogP contribution in [0, 0.1) is 5.92 Å². The molecule has 0 bridgehead atoms. The first-order valence-corrected chi connectivity index (χ1v) is 7.62. The summed E-state index contributed by atoms with van der Waals surface area (Å²) in [6.45, 7) is 4.63. The molecule has 1 fully saturated rings. The van der Waals surface area contributed by atoms with E-state index in [0.29, 0.717) is 24.2 Å². The highest BCUT2D eigenvalue weighted by Crippen LogP contribution is 2.38. The van der Waals surface area contributed by atoms with E-state index in [1.165, 1.54) is 0 Å². The van der Waals surface area contributed by atoms with E-state index in [1.807, 2.05) is 19.9 Å². The quantitative estimate of drug-likeness (QED) is 0.901. The van der Waals surface area contributed by atoms with Crippen LogP contribution in [0.1, 0.15) is 63.2 Å².